The fraction of sp³-hybridized carbons (Fsp3) is 0.250. The minimum atomic E-state index is -0.839. The van der Waals surface area contributed by atoms with Crippen molar-refractivity contribution in [2.24, 2.45) is 0 Å². The zero-order chi connectivity index (χ0) is 11.5. The number of esters is 1. The van der Waals surface area contributed by atoms with E-state index in [9.17, 15) is 9.90 Å². The molecule has 0 saturated heterocycles. The smallest absolute Gasteiger partial charge is 0.331 e. The first-order valence-corrected chi connectivity index (χ1v) is 4.91. The lowest BCUT2D eigenvalue weighted by Gasteiger charge is -2.16. The van der Waals surface area contributed by atoms with Gasteiger partial charge in [-0.2, -0.15) is 0 Å². The van der Waals surface area contributed by atoms with Crippen molar-refractivity contribution in [1.82, 2.24) is 0 Å². The van der Waals surface area contributed by atoms with E-state index in [-0.39, 0.29) is 0 Å². The molecule has 0 saturated carbocycles. The SMILES string of the molecule is COc1ccc(C(O)C2C=CC(=O)O2)cc1. The lowest BCUT2D eigenvalue weighted by atomic mass is 10.0. The van der Waals surface area contributed by atoms with E-state index in [1.807, 2.05) is 0 Å². The van der Waals surface area contributed by atoms with Crippen LogP contribution in [0.5, 0.6) is 5.75 Å². The molecule has 2 unspecified atom stereocenters. The van der Waals surface area contributed by atoms with Crippen molar-refractivity contribution in [2.45, 2.75) is 12.2 Å². The molecule has 1 aliphatic heterocycles. The van der Waals surface area contributed by atoms with E-state index in [4.69, 9.17) is 9.47 Å². The van der Waals surface area contributed by atoms with Gasteiger partial charge in [0.2, 0.25) is 0 Å². The Labute approximate surface area is 93.1 Å². The number of methoxy groups -OCH3 is 1. The maximum absolute atomic E-state index is 10.8. The van der Waals surface area contributed by atoms with Crippen LogP contribution in [0, 0.1) is 0 Å². The Bertz CT molecular complexity index is 408. The van der Waals surface area contributed by atoms with Crippen molar-refractivity contribution in [1.29, 1.82) is 0 Å². The summed E-state index contributed by atoms with van der Waals surface area (Å²) in [6, 6.07) is 6.98. The average Bonchev–Trinajstić information content (AvgIpc) is 2.75. The van der Waals surface area contributed by atoms with Crippen molar-refractivity contribution in [3.8, 4) is 5.75 Å². The molecule has 0 radical (unpaired) electrons. The Morgan fingerprint density at radius 2 is 2.06 bits per heavy atom. The van der Waals surface area contributed by atoms with Crippen LogP contribution in [0.15, 0.2) is 36.4 Å². The minimum Gasteiger partial charge on any atom is -0.497 e. The zero-order valence-corrected chi connectivity index (χ0v) is 8.79. The molecule has 16 heavy (non-hydrogen) atoms. The Balaban J connectivity index is 2.11. The van der Waals surface area contributed by atoms with Gasteiger partial charge in [-0.3, -0.25) is 0 Å². The predicted octanol–water partition coefficient (Wildman–Crippen LogP) is 1.21. The maximum Gasteiger partial charge on any atom is 0.331 e. The second kappa shape index (κ2) is 4.37. The van der Waals surface area contributed by atoms with Crippen molar-refractivity contribution in [2.75, 3.05) is 7.11 Å². The molecule has 1 aliphatic rings. The average molecular weight is 220 g/mol. The first-order chi connectivity index (χ1) is 7.70. The summed E-state index contributed by atoms with van der Waals surface area (Å²) in [4.78, 5) is 10.8. The molecule has 4 nitrogen and oxygen atoms in total. The number of hydrogen-bond acceptors (Lipinski definition) is 4. The van der Waals surface area contributed by atoms with Crippen LogP contribution in [0.1, 0.15) is 11.7 Å². The Morgan fingerprint density at radius 3 is 2.56 bits per heavy atom. The van der Waals surface area contributed by atoms with Gasteiger partial charge < -0.3 is 14.6 Å². The number of aliphatic hydroxyl groups excluding tert-OH is 1. The van der Waals surface area contributed by atoms with Gasteiger partial charge in [0.05, 0.1) is 7.11 Å². The summed E-state index contributed by atoms with van der Waals surface area (Å²) < 4.78 is 9.91. The van der Waals surface area contributed by atoms with Crippen molar-refractivity contribution >= 4 is 5.97 Å². The van der Waals surface area contributed by atoms with Gasteiger partial charge in [-0.05, 0) is 23.8 Å². The summed E-state index contributed by atoms with van der Waals surface area (Å²) in [6.07, 6.45) is 1.43. The Morgan fingerprint density at radius 1 is 1.38 bits per heavy atom. The number of rotatable bonds is 3. The summed E-state index contributed by atoms with van der Waals surface area (Å²) in [7, 11) is 1.58. The number of cyclic esters (lactones) is 1. The monoisotopic (exact) mass is 220 g/mol. The van der Waals surface area contributed by atoms with Gasteiger partial charge in [0.25, 0.3) is 0 Å². The molecule has 1 N–H and O–H groups in total. The molecule has 0 amide bonds. The van der Waals surface area contributed by atoms with Crippen LogP contribution in [-0.4, -0.2) is 24.3 Å². The third-order valence-electron chi connectivity index (χ3n) is 2.44. The second-order valence-electron chi connectivity index (χ2n) is 3.48. The quantitative estimate of drug-likeness (QED) is 0.778. The molecule has 2 rings (SSSR count). The van der Waals surface area contributed by atoms with E-state index < -0.39 is 18.2 Å². The molecule has 1 aromatic carbocycles. The Kier molecular flexibility index (Phi) is 2.92. The topological polar surface area (TPSA) is 55.8 Å². The number of carbonyl (C=O) groups excluding carboxylic acids is 1. The summed E-state index contributed by atoms with van der Waals surface area (Å²) >= 11 is 0. The predicted molar refractivity (Wildman–Crippen MR) is 57.0 cm³/mol. The number of ether oxygens (including phenoxy) is 2. The maximum atomic E-state index is 10.8. The van der Waals surface area contributed by atoms with Crippen LogP contribution in [0.4, 0.5) is 0 Å². The lowest BCUT2D eigenvalue weighted by Crippen LogP contribution is -2.18. The molecule has 0 aromatic heterocycles. The van der Waals surface area contributed by atoms with Crippen molar-refractivity contribution < 1.29 is 19.4 Å². The number of hydrogen-bond donors (Lipinski definition) is 1. The first-order valence-electron chi connectivity index (χ1n) is 4.91. The van der Waals surface area contributed by atoms with Gasteiger partial charge in [-0.1, -0.05) is 12.1 Å². The summed E-state index contributed by atoms with van der Waals surface area (Å²) in [5.74, 6) is 0.299. The van der Waals surface area contributed by atoms with Crippen LogP contribution in [0.2, 0.25) is 0 Å². The first kappa shape index (κ1) is 10.7. The zero-order valence-electron chi connectivity index (χ0n) is 8.79. The second-order valence-corrected chi connectivity index (χ2v) is 3.48. The highest BCUT2D eigenvalue weighted by Gasteiger charge is 2.25. The van der Waals surface area contributed by atoms with E-state index in [2.05, 4.69) is 0 Å². The van der Waals surface area contributed by atoms with Gasteiger partial charge in [0.15, 0.2) is 6.10 Å². The fourth-order valence-electron chi connectivity index (χ4n) is 1.55. The molecule has 84 valence electrons. The highest BCUT2D eigenvalue weighted by Crippen LogP contribution is 2.24. The van der Waals surface area contributed by atoms with E-state index in [0.29, 0.717) is 5.56 Å². The molecule has 4 heteroatoms. The normalized spacial score (nSPS) is 20.6. The fourth-order valence-corrected chi connectivity index (χ4v) is 1.55. The van der Waals surface area contributed by atoms with Crippen LogP contribution < -0.4 is 4.74 Å². The molecule has 2 atom stereocenters. The van der Waals surface area contributed by atoms with Gasteiger partial charge in [-0.15, -0.1) is 0 Å². The molecule has 0 bridgehead atoms. The van der Waals surface area contributed by atoms with Crippen LogP contribution in [0.3, 0.4) is 0 Å². The van der Waals surface area contributed by atoms with E-state index in [1.165, 1.54) is 6.08 Å². The molecular weight excluding hydrogens is 208 g/mol. The largest absolute Gasteiger partial charge is 0.497 e. The highest BCUT2D eigenvalue weighted by molar-refractivity contribution is 5.84. The summed E-state index contributed by atoms with van der Waals surface area (Å²) in [5.41, 5.74) is 0.685. The number of benzene rings is 1. The number of aliphatic hydroxyl groups is 1. The molecule has 0 fully saturated rings. The number of carbonyl (C=O) groups is 1. The molecule has 1 aromatic rings. The third-order valence-corrected chi connectivity index (χ3v) is 2.44. The standard InChI is InChI=1S/C12H12O4/c1-15-9-4-2-8(3-5-9)12(14)10-6-7-11(13)16-10/h2-7,10,12,14H,1H3. The summed E-state index contributed by atoms with van der Waals surface area (Å²) in [6.45, 7) is 0. The van der Waals surface area contributed by atoms with E-state index in [1.54, 1.807) is 37.5 Å². The Hall–Kier alpha value is -1.81. The van der Waals surface area contributed by atoms with E-state index in [0.717, 1.165) is 5.75 Å². The van der Waals surface area contributed by atoms with Gasteiger partial charge in [-0.25, -0.2) is 4.79 Å². The molecule has 0 spiro atoms. The van der Waals surface area contributed by atoms with E-state index >= 15 is 0 Å². The molecule has 1 heterocycles. The van der Waals surface area contributed by atoms with Crippen molar-refractivity contribution in [3.63, 3.8) is 0 Å². The van der Waals surface area contributed by atoms with Crippen molar-refractivity contribution in [3.05, 3.63) is 42.0 Å². The van der Waals surface area contributed by atoms with Gasteiger partial charge in [0.1, 0.15) is 11.9 Å². The van der Waals surface area contributed by atoms with Crippen LogP contribution >= 0.6 is 0 Å². The molecular formula is C12H12O4. The highest BCUT2D eigenvalue weighted by atomic mass is 16.6. The van der Waals surface area contributed by atoms with Gasteiger partial charge in [0, 0.05) is 6.08 Å². The molecule has 0 aliphatic carbocycles. The van der Waals surface area contributed by atoms with Crippen LogP contribution in [-0.2, 0) is 9.53 Å². The third kappa shape index (κ3) is 2.06. The lowest BCUT2D eigenvalue weighted by molar-refractivity contribution is -0.142. The summed E-state index contributed by atoms with van der Waals surface area (Å²) in [5, 5.41) is 9.93. The minimum absolute atomic E-state index is 0.419. The van der Waals surface area contributed by atoms with Gasteiger partial charge >= 0.3 is 5.97 Å². The van der Waals surface area contributed by atoms with Crippen LogP contribution in [0.25, 0.3) is 0 Å².